The summed E-state index contributed by atoms with van der Waals surface area (Å²) >= 11 is 5.89. The van der Waals surface area contributed by atoms with Crippen LogP contribution in [0.15, 0.2) is 24.3 Å². The van der Waals surface area contributed by atoms with Crippen LogP contribution in [0, 0.1) is 0 Å². The number of amides is 1. The van der Waals surface area contributed by atoms with E-state index in [9.17, 15) is 4.79 Å². The zero-order chi connectivity index (χ0) is 12.0. The lowest BCUT2D eigenvalue weighted by Crippen LogP contribution is -2.34. The zero-order valence-electron chi connectivity index (χ0n) is 9.59. The summed E-state index contributed by atoms with van der Waals surface area (Å²) in [7, 11) is 0. The van der Waals surface area contributed by atoms with Crippen molar-refractivity contribution in [1.29, 1.82) is 0 Å². The second-order valence-electron chi connectivity index (χ2n) is 3.61. The molecule has 1 unspecified atom stereocenters. The van der Waals surface area contributed by atoms with E-state index < -0.39 is 0 Å². The van der Waals surface area contributed by atoms with Crippen LogP contribution >= 0.6 is 11.6 Å². The number of benzene rings is 1. The van der Waals surface area contributed by atoms with Crippen LogP contribution in [0.1, 0.15) is 25.5 Å². The van der Waals surface area contributed by atoms with Crippen LogP contribution in [-0.4, -0.2) is 19.0 Å². The Morgan fingerprint density at radius 3 is 2.88 bits per heavy atom. The van der Waals surface area contributed by atoms with Crippen molar-refractivity contribution >= 4 is 17.5 Å². The van der Waals surface area contributed by atoms with Gasteiger partial charge in [0.05, 0.1) is 6.54 Å². The normalized spacial score (nSPS) is 12.2. The second kappa shape index (κ2) is 6.51. The van der Waals surface area contributed by atoms with E-state index in [1.54, 1.807) is 0 Å². The lowest BCUT2D eigenvalue weighted by molar-refractivity contribution is -0.120. The Morgan fingerprint density at radius 2 is 2.25 bits per heavy atom. The standard InChI is InChI=1S/C12H17ClN2O/c1-3-14-12(16)8-15-9(2)10-5-4-6-11(13)7-10/h4-7,9,15H,3,8H2,1-2H3,(H,14,16). The number of hydrogen-bond acceptors (Lipinski definition) is 2. The van der Waals surface area contributed by atoms with E-state index in [0.717, 1.165) is 5.56 Å². The number of rotatable bonds is 5. The maximum Gasteiger partial charge on any atom is 0.233 e. The highest BCUT2D eigenvalue weighted by Crippen LogP contribution is 2.16. The molecule has 88 valence electrons. The summed E-state index contributed by atoms with van der Waals surface area (Å²) in [4.78, 5) is 11.2. The number of likely N-dealkylation sites (N-methyl/N-ethyl adjacent to an activating group) is 1. The molecule has 3 nitrogen and oxygen atoms in total. The number of carbonyl (C=O) groups is 1. The fraction of sp³-hybridized carbons (Fsp3) is 0.417. The van der Waals surface area contributed by atoms with Crippen molar-refractivity contribution in [2.75, 3.05) is 13.1 Å². The van der Waals surface area contributed by atoms with E-state index in [1.807, 2.05) is 38.1 Å². The first-order valence-electron chi connectivity index (χ1n) is 5.39. The minimum Gasteiger partial charge on any atom is -0.355 e. The van der Waals surface area contributed by atoms with E-state index in [0.29, 0.717) is 18.1 Å². The molecule has 0 saturated heterocycles. The van der Waals surface area contributed by atoms with Crippen molar-refractivity contribution in [2.45, 2.75) is 19.9 Å². The van der Waals surface area contributed by atoms with Gasteiger partial charge < -0.3 is 10.6 Å². The summed E-state index contributed by atoms with van der Waals surface area (Å²) in [6.07, 6.45) is 0. The first-order chi connectivity index (χ1) is 7.63. The topological polar surface area (TPSA) is 41.1 Å². The lowest BCUT2D eigenvalue weighted by Gasteiger charge is -2.14. The van der Waals surface area contributed by atoms with E-state index >= 15 is 0 Å². The molecular formula is C12H17ClN2O. The molecular weight excluding hydrogens is 224 g/mol. The van der Waals surface area contributed by atoms with Crippen LogP contribution in [0.25, 0.3) is 0 Å². The molecule has 0 saturated carbocycles. The largest absolute Gasteiger partial charge is 0.355 e. The van der Waals surface area contributed by atoms with Gasteiger partial charge in [-0.05, 0) is 31.5 Å². The Kier molecular flexibility index (Phi) is 5.29. The molecule has 0 aromatic heterocycles. The first-order valence-corrected chi connectivity index (χ1v) is 5.76. The van der Waals surface area contributed by atoms with Gasteiger partial charge in [0.2, 0.25) is 5.91 Å². The fourth-order valence-electron chi connectivity index (χ4n) is 1.40. The predicted molar refractivity (Wildman–Crippen MR) is 66.6 cm³/mol. The number of carbonyl (C=O) groups excluding carboxylic acids is 1. The number of nitrogens with one attached hydrogen (secondary N) is 2. The third kappa shape index (κ3) is 4.21. The first kappa shape index (κ1) is 13.0. The molecule has 0 radical (unpaired) electrons. The van der Waals surface area contributed by atoms with Crippen molar-refractivity contribution in [3.63, 3.8) is 0 Å². The van der Waals surface area contributed by atoms with Gasteiger partial charge in [-0.15, -0.1) is 0 Å². The van der Waals surface area contributed by atoms with Crippen molar-refractivity contribution in [3.8, 4) is 0 Å². The third-order valence-corrected chi connectivity index (χ3v) is 2.53. The molecule has 1 aromatic rings. The van der Waals surface area contributed by atoms with Gasteiger partial charge in [0.25, 0.3) is 0 Å². The molecule has 4 heteroatoms. The molecule has 0 bridgehead atoms. The van der Waals surface area contributed by atoms with Crippen LogP contribution in [0.5, 0.6) is 0 Å². The van der Waals surface area contributed by atoms with Gasteiger partial charge in [0.15, 0.2) is 0 Å². The van der Waals surface area contributed by atoms with Crippen molar-refractivity contribution in [1.82, 2.24) is 10.6 Å². The maximum absolute atomic E-state index is 11.2. The summed E-state index contributed by atoms with van der Waals surface area (Å²) in [6, 6.07) is 7.74. The molecule has 0 spiro atoms. The highest BCUT2D eigenvalue weighted by molar-refractivity contribution is 6.30. The minimum atomic E-state index is 0.0105. The van der Waals surface area contributed by atoms with Crippen molar-refractivity contribution in [2.24, 2.45) is 0 Å². The average Bonchev–Trinajstić information content (AvgIpc) is 2.26. The molecule has 0 aliphatic carbocycles. The monoisotopic (exact) mass is 240 g/mol. The summed E-state index contributed by atoms with van der Waals surface area (Å²) in [5, 5.41) is 6.59. The number of hydrogen-bond donors (Lipinski definition) is 2. The Bertz CT molecular complexity index is 355. The SMILES string of the molecule is CCNC(=O)CNC(C)c1cccc(Cl)c1. The molecule has 1 aromatic carbocycles. The van der Waals surface area contributed by atoms with Gasteiger partial charge in [-0.1, -0.05) is 23.7 Å². The average molecular weight is 241 g/mol. The van der Waals surface area contributed by atoms with Gasteiger partial charge in [-0.2, -0.15) is 0 Å². The van der Waals surface area contributed by atoms with Crippen LogP contribution < -0.4 is 10.6 Å². The van der Waals surface area contributed by atoms with Crippen LogP contribution in [0.2, 0.25) is 5.02 Å². The predicted octanol–water partition coefficient (Wildman–Crippen LogP) is 2.13. The van der Waals surface area contributed by atoms with E-state index in [1.165, 1.54) is 0 Å². The molecule has 1 atom stereocenters. The molecule has 0 fully saturated rings. The van der Waals surface area contributed by atoms with E-state index in [4.69, 9.17) is 11.6 Å². The van der Waals surface area contributed by atoms with E-state index in [2.05, 4.69) is 10.6 Å². The highest BCUT2D eigenvalue weighted by atomic mass is 35.5. The summed E-state index contributed by atoms with van der Waals surface area (Å²) in [6.45, 7) is 4.89. The van der Waals surface area contributed by atoms with Crippen molar-refractivity contribution in [3.05, 3.63) is 34.9 Å². The fourth-order valence-corrected chi connectivity index (χ4v) is 1.60. The van der Waals surface area contributed by atoms with Crippen LogP contribution in [-0.2, 0) is 4.79 Å². The Hall–Kier alpha value is -1.06. The molecule has 2 N–H and O–H groups in total. The zero-order valence-corrected chi connectivity index (χ0v) is 10.3. The van der Waals surface area contributed by atoms with Crippen LogP contribution in [0.4, 0.5) is 0 Å². The van der Waals surface area contributed by atoms with Gasteiger partial charge >= 0.3 is 0 Å². The lowest BCUT2D eigenvalue weighted by atomic mass is 10.1. The highest BCUT2D eigenvalue weighted by Gasteiger charge is 2.07. The third-order valence-electron chi connectivity index (χ3n) is 2.29. The summed E-state index contributed by atoms with van der Waals surface area (Å²) in [5.41, 5.74) is 1.08. The van der Waals surface area contributed by atoms with Gasteiger partial charge in [-0.25, -0.2) is 0 Å². The minimum absolute atomic E-state index is 0.0105. The van der Waals surface area contributed by atoms with E-state index in [-0.39, 0.29) is 11.9 Å². The van der Waals surface area contributed by atoms with Gasteiger partial charge in [0.1, 0.15) is 0 Å². The Morgan fingerprint density at radius 1 is 1.50 bits per heavy atom. The van der Waals surface area contributed by atoms with Gasteiger partial charge in [0, 0.05) is 17.6 Å². The summed E-state index contributed by atoms with van der Waals surface area (Å²) < 4.78 is 0. The summed E-state index contributed by atoms with van der Waals surface area (Å²) in [5.74, 6) is 0.0105. The molecule has 1 rings (SSSR count). The molecule has 0 aliphatic rings. The smallest absolute Gasteiger partial charge is 0.233 e. The second-order valence-corrected chi connectivity index (χ2v) is 4.05. The van der Waals surface area contributed by atoms with Gasteiger partial charge in [-0.3, -0.25) is 4.79 Å². The molecule has 0 heterocycles. The Labute approximate surface area is 101 Å². The molecule has 16 heavy (non-hydrogen) atoms. The molecule has 0 aliphatic heterocycles. The number of halogens is 1. The van der Waals surface area contributed by atoms with Crippen molar-refractivity contribution < 1.29 is 4.79 Å². The Balaban J connectivity index is 2.46. The molecule has 1 amide bonds. The van der Waals surface area contributed by atoms with Crippen LogP contribution in [0.3, 0.4) is 0 Å². The quantitative estimate of drug-likeness (QED) is 0.828. The maximum atomic E-state index is 11.2.